The van der Waals surface area contributed by atoms with Gasteiger partial charge in [0.25, 0.3) is 0 Å². The number of unbranched alkanes of at least 4 members (excludes halogenated alkanes) is 36. The molecule has 3 rings (SSSR count). The summed E-state index contributed by atoms with van der Waals surface area (Å²) in [6.45, 7) is 13.1. The van der Waals surface area contributed by atoms with Crippen LogP contribution in [0, 0.1) is 0 Å². The van der Waals surface area contributed by atoms with E-state index < -0.39 is 0 Å². The minimum absolute atomic E-state index is 0.101. The molecule has 0 saturated heterocycles. The summed E-state index contributed by atoms with van der Waals surface area (Å²) in [5.74, 6) is 0.154. The van der Waals surface area contributed by atoms with E-state index in [4.69, 9.17) is 0 Å². The zero-order valence-electron chi connectivity index (χ0n) is 45.0. The largest absolute Gasteiger partial charge is 0.506 e. The van der Waals surface area contributed by atoms with E-state index in [1.54, 1.807) is 0 Å². The maximum absolute atomic E-state index is 13.6. The number of aliphatic hydroxyl groups excluding tert-OH is 1. The van der Waals surface area contributed by atoms with Crippen LogP contribution >= 0.6 is 0 Å². The minimum Gasteiger partial charge on any atom is -0.506 e. The molecule has 68 heavy (non-hydrogen) atoms. The van der Waals surface area contributed by atoms with Crippen LogP contribution in [-0.4, -0.2) is 69.8 Å². The number of carbonyl (C=O) groups excluding carboxylic acids is 1. The van der Waals surface area contributed by atoms with Crippen LogP contribution < -0.4 is 4.90 Å². The summed E-state index contributed by atoms with van der Waals surface area (Å²) >= 11 is 0. The van der Waals surface area contributed by atoms with Crippen LogP contribution in [0.25, 0.3) is 5.57 Å². The highest BCUT2D eigenvalue weighted by atomic mass is 16.3. The van der Waals surface area contributed by atoms with Gasteiger partial charge < -0.3 is 10.0 Å². The maximum Gasteiger partial charge on any atom is 0.236 e. The number of carbonyl (C=O) groups is 1. The smallest absolute Gasteiger partial charge is 0.236 e. The van der Waals surface area contributed by atoms with Crippen LogP contribution in [0.1, 0.15) is 290 Å². The summed E-state index contributed by atoms with van der Waals surface area (Å²) < 4.78 is 2.44. The Morgan fingerprint density at radius 1 is 0.426 bits per heavy atom. The van der Waals surface area contributed by atoms with Crippen molar-refractivity contribution in [2.24, 2.45) is 9.98 Å². The summed E-state index contributed by atoms with van der Waals surface area (Å²) in [6.07, 6.45) is 60.3. The molecular formula is C60H105N6O2+. The quantitative estimate of drug-likeness (QED) is 0.0399. The number of hydrogen-bond acceptors (Lipinski definition) is 7. The number of ketones is 1. The first kappa shape index (κ1) is 59.2. The Balaban J connectivity index is 1.60. The highest BCUT2D eigenvalue weighted by Crippen LogP contribution is 2.37. The lowest BCUT2D eigenvalue weighted by Crippen LogP contribution is -2.29. The van der Waals surface area contributed by atoms with Gasteiger partial charge in [0.15, 0.2) is 11.6 Å². The Labute approximate surface area is 419 Å². The first-order chi connectivity index (χ1) is 33.5. The van der Waals surface area contributed by atoms with Crippen molar-refractivity contribution in [1.29, 1.82) is 0 Å². The monoisotopic (exact) mass is 942 g/mol. The van der Waals surface area contributed by atoms with Gasteiger partial charge in [-0.25, -0.2) is 24.5 Å². The first-order valence-electron chi connectivity index (χ1n) is 29.6. The molecule has 0 unspecified atom stereocenters. The van der Waals surface area contributed by atoms with E-state index in [1.165, 1.54) is 231 Å². The van der Waals surface area contributed by atoms with Gasteiger partial charge in [0.05, 0.1) is 18.1 Å². The van der Waals surface area contributed by atoms with Crippen molar-refractivity contribution in [2.45, 2.75) is 285 Å². The summed E-state index contributed by atoms with van der Waals surface area (Å²) in [6, 6.07) is 0. The van der Waals surface area contributed by atoms with Crippen LogP contribution in [-0.2, 0) is 4.79 Å². The topological polar surface area (TPSA) is 94.0 Å². The summed E-state index contributed by atoms with van der Waals surface area (Å²) in [7, 11) is 0. The second-order valence-electron chi connectivity index (χ2n) is 20.7. The Morgan fingerprint density at radius 3 is 1.06 bits per heavy atom. The van der Waals surface area contributed by atoms with Crippen molar-refractivity contribution in [3.8, 4) is 0 Å². The SMILES string of the molecule is CCCCCCCCCCCCN(CCCCCCCCCCCC)c1cnc(C2=C(O)C(=C3N=CC(=[N+](CCCCCCCCCCCC)CCCCCCCCCCCC)C=N3)C2=O)nc1. The number of aromatic nitrogens is 2. The molecule has 8 heteroatoms. The molecule has 0 radical (unpaired) electrons. The van der Waals surface area contributed by atoms with Crippen molar-refractivity contribution in [3.63, 3.8) is 0 Å². The third kappa shape index (κ3) is 25.6. The van der Waals surface area contributed by atoms with E-state index >= 15 is 0 Å². The van der Waals surface area contributed by atoms with Crippen molar-refractivity contribution >= 4 is 35.2 Å². The van der Waals surface area contributed by atoms with Gasteiger partial charge in [0, 0.05) is 25.9 Å². The van der Waals surface area contributed by atoms with Crippen molar-refractivity contribution in [2.75, 3.05) is 31.1 Å². The molecule has 1 aliphatic heterocycles. The Morgan fingerprint density at radius 2 is 0.735 bits per heavy atom. The summed E-state index contributed by atoms with van der Waals surface area (Å²) in [4.78, 5) is 34.8. The van der Waals surface area contributed by atoms with E-state index in [0.717, 1.165) is 63.3 Å². The standard InChI is InChI=1S/C60H104N6O2/c1-5-9-13-17-21-25-29-33-37-41-45-65(46-42-38-34-30-26-22-18-14-10-6-2)53-49-61-59(62-50-53)55-57(67)56(58(55)68)60-63-51-54(52-64-60)66(47-43-39-35-31-27-23-19-15-11-7-3)48-44-40-36-32-28-24-20-16-12-8-4/h49-52H,5-48H2,1-4H3/p+1. The molecule has 1 aliphatic carbocycles. The molecule has 2 heterocycles. The number of allylic oxidation sites excluding steroid dienone is 2. The third-order valence-corrected chi connectivity index (χ3v) is 14.5. The number of aliphatic hydroxyl groups is 1. The van der Waals surface area contributed by atoms with Crippen molar-refractivity contribution in [1.82, 2.24) is 9.97 Å². The third-order valence-electron chi connectivity index (χ3n) is 14.5. The fourth-order valence-electron chi connectivity index (χ4n) is 9.95. The van der Waals surface area contributed by atoms with E-state index in [-0.39, 0.29) is 34.3 Å². The first-order valence-corrected chi connectivity index (χ1v) is 29.6. The second kappa shape index (κ2) is 40.6. The number of hydrogen-bond donors (Lipinski definition) is 1. The molecule has 0 saturated carbocycles. The summed E-state index contributed by atoms with van der Waals surface area (Å²) in [5, 5.41) is 11.3. The maximum atomic E-state index is 13.6. The molecule has 0 aromatic carbocycles. The average Bonchev–Trinajstić information content (AvgIpc) is 3.35. The lowest BCUT2D eigenvalue weighted by Gasteiger charge is -2.25. The van der Waals surface area contributed by atoms with Gasteiger partial charge in [0.1, 0.15) is 42.4 Å². The Hall–Kier alpha value is -3.16. The van der Waals surface area contributed by atoms with Crippen LogP contribution in [0.5, 0.6) is 0 Å². The highest BCUT2D eigenvalue weighted by molar-refractivity contribution is 6.54. The molecule has 2 aliphatic rings. The lowest BCUT2D eigenvalue weighted by molar-refractivity contribution is -0.525. The molecule has 0 bridgehead atoms. The normalized spacial score (nSPS) is 13.6. The summed E-state index contributed by atoms with van der Waals surface area (Å²) in [5.41, 5.74) is 2.32. The number of rotatable bonds is 46. The molecule has 0 amide bonds. The molecular weight excluding hydrogens is 837 g/mol. The molecule has 1 aromatic heterocycles. The van der Waals surface area contributed by atoms with Crippen LogP contribution in [0.3, 0.4) is 0 Å². The zero-order valence-corrected chi connectivity index (χ0v) is 45.0. The average molecular weight is 943 g/mol. The zero-order chi connectivity index (χ0) is 48.5. The number of nitrogens with zero attached hydrogens (tertiary/aromatic N) is 6. The van der Waals surface area contributed by atoms with E-state index in [2.05, 4.69) is 57.1 Å². The molecule has 0 fully saturated rings. The lowest BCUT2D eigenvalue weighted by atomic mass is 9.87. The van der Waals surface area contributed by atoms with Crippen molar-refractivity contribution in [3.05, 3.63) is 35.4 Å². The second-order valence-corrected chi connectivity index (χ2v) is 20.7. The van der Waals surface area contributed by atoms with Gasteiger partial charge in [-0.3, -0.25) is 4.79 Å². The molecule has 0 atom stereocenters. The van der Waals surface area contributed by atoms with Crippen LogP contribution in [0.15, 0.2) is 39.5 Å². The van der Waals surface area contributed by atoms with E-state index in [9.17, 15) is 9.90 Å². The van der Waals surface area contributed by atoms with Crippen molar-refractivity contribution < 1.29 is 14.5 Å². The molecule has 1 aromatic rings. The van der Waals surface area contributed by atoms with Crippen LogP contribution in [0.2, 0.25) is 0 Å². The molecule has 0 spiro atoms. The Kier molecular flexibility index (Phi) is 35.3. The van der Waals surface area contributed by atoms with Gasteiger partial charge in [-0.1, -0.05) is 246 Å². The minimum atomic E-state index is -0.289. The number of anilines is 1. The molecule has 1 N–H and O–H groups in total. The molecule has 386 valence electrons. The van der Waals surface area contributed by atoms with Gasteiger partial charge in [0.2, 0.25) is 11.5 Å². The van der Waals surface area contributed by atoms with Gasteiger partial charge in [-0.15, -0.1) is 0 Å². The van der Waals surface area contributed by atoms with Gasteiger partial charge in [-0.2, -0.15) is 0 Å². The Bertz CT molecular complexity index is 1520. The fourth-order valence-corrected chi connectivity index (χ4v) is 9.95. The molecule has 8 nitrogen and oxygen atoms in total. The van der Waals surface area contributed by atoms with E-state index in [0.29, 0.717) is 0 Å². The fraction of sp³-hybridized carbons (Fsp3) is 0.800. The van der Waals surface area contributed by atoms with E-state index in [1.807, 2.05) is 24.8 Å². The predicted octanol–water partition coefficient (Wildman–Crippen LogP) is 17.6. The van der Waals surface area contributed by atoms with Gasteiger partial charge >= 0.3 is 0 Å². The number of aliphatic imine (C=N–C) groups is 2. The predicted molar refractivity (Wildman–Crippen MR) is 295 cm³/mol. The number of Topliss-reactive ketones (excluding diaryl/α,β-unsaturated/α-hetero) is 1. The van der Waals surface area contributed by atoms with Crippen LogP contribution in [0.4, 0.5) is 5.69 Å². The van der Waals surface area contributed by atoms with Gasteiger partial charge in [-0.05, 0) is 25.7 Å². The highest BCUT2D eigenvalue weighted by Gasteiger charge is 2.40.